The number of nitrogens with zero attached hydrogens (tertiary/aromatic N) is 1. The topological polar surface area (TPSA) is 38.8 Å². The molecule has 0 aliphatic carbocycles. The standard InChI is InChI=1S/C13H15BrClNO3/c1-18-9-2-3-12(14)11(6-9)13(17)16-4-5-19-10(7-15)8-16/h2-3,6,10H,4-5,7-8H2,1H3. The van der Waals surface area contributed by atoms with Gasteiger partial charge in [-0.2, -0.15) is 0 Å². The summed E-state index contributed by atoms with van der Waals surface area (Å²) in [5.74, 6) is 1.01. The smallest absolute Gasteiger partial charge is 0.255 e. The molecule has 1 heterocycles. The molecule has 0 saturated carbocycles. The maximum Gasteiger partial charge on any atom is 0.255 e. The molecule has 1 aliphatic heterocycles. The van der Waals surface area contributed by atoms with Crippen molar-refractivity contribution >= 4 is 33.4 Å². The van der Waals surface area contributed by atoms with Gasteiger partial charge in [0.25, 0.3) is 5.91 Å². The molecule has 1 aromatic rings. The second-order valence-corrected chi connectivity index (χ2v) is 5.41. The van der Waals surface area contributed by atoms with Crippen LogP contribution >= 0.6 is 27.5 Å². The zero-order valence-corrected chi connectivity index (χ0v) is 12.9. The zero-order valence-electron chi connectivity index (χ0n) is 10.6. The number of carbonyl (C=O) groups excluding carboxylic acids is 1. The van der Waals surface area contributed by atoms with Crippen molar-refractivity contribution in [2.45, 2.75) is 6.10 Å². The number of hydrogen-bond donors (Lipinski definition) is 0. The minimum Gasteiger partial charge on any atom is -0.497 e. The van der Waals surface area contributed by atoms with Crippen LogP contribution in [0.2, 0.25) is 0 Å². The number of alkyl halides is 1. The summed E-state index contributed by atoms with van der Waals surface area (Å²) in [6.07, 6.45) is -0.0938. The van der Waals surface area contributed by atoms with E-state index in [9.17, 15) is 4.79 Å². The molecule has 1 aliphatic rings. The summed E-state index contributed by atoms with van der Waals surface area (Å²) in [6.45, 7) is 1.62. The Hall–Kier alpha value is -0.780. The zero-order chi connectivity index (χ0) is 13.8. The van der Waals surface area contributed by atoms with Gasteiger partial charge >= 0.3 is 0 Å². The van der Waals surface area contributed by atoms with Crippen LogP contribution in [0.15, 0.2) is 22.7 Å². The number of ether oxygens (including phenoxy) is 2. The van der Waals surface area contributed by atoms with Crippen LogP contribution in [0.25, 0.3) is 0 Å². The van der Waals surface area contributed by atoms with Gasteiger partial charge in [0.05, 0.1) is 31.3 Å². The molecule has 2 rings (SSSR count). The van der Waals surface area contributed by atoms with E-state index < -0.39 is 0 Å². The molecule has 1 amide bonds. The summed E-state index contributed by atoms with van der Waals surface area (Å²) in [5, 5.41) is 0. The van der Waals surface area contributed by atoms with Crippen LogP contribution in [0.5, 0.6) is 5.75 Å². The second kappa shape index (κ2) is 6.59. The van der Waals surface area contributed by atoms with Crippen molar-refractivity contribution in [2.24, 2.45) is 0 Å². The number of morpholine rings is 1. The Balaban J connectivity index is 2.18. The monoisotopic (exact) mass is 347 g/mol. The van der Waals surface area contributed by atoms with Gasteiger partial charge in [-0.3, -0.25) is 4.79 Å². The number of rotatable bonds is 3. The number of carbonyl (C=O) groups is 1. The Morgan fingerprint density at radius 3 is 3.11 bits per heavy atom. The summed E-state index contributed by atoms with van der Waals surface area (Å²) in [6, 6.07) is 5.35. The third-order valence-electron chi connectivity index (χ3n) is 3.00. The van der Waals surface area contributed by atoms with Gasteiger partial charge in [-0.1, -0.05) is 0 Å². The van der Waals surface area contributed by atoms with Crippen molar-refractivity contribution in [1.82, 2.24) is 4.90 Å². The van der Waals surface area contributed by atoms with E-state index in [2.05, 4.69) is 15.9 Å². The lowest BCUT2D eigenvalue weighted by Crippen LogP contribution is -2.46. The molecule has 1 fully saturated rings. The Bertz CT molecular complexity index is 469. The maximum atomic E-state index is 12.5. The molecule has 0 bridgehead atoms. The van der Waals surface area contributed by atoms with Gasteiger partial charge in [-0.05, 0) is 34.1 Å². The third-order valence-corrected chi connectivity index (χ3v) is 4.04. The van der Waals surface area contributed by atoms with Crippen LogP contribution in [-0.4, -0.2) is 49.6 Å². The Labute approximate surface area is 125 Å². The highest BCUT2D eigenvalue weighted by atomic mass is 79.9. The molecule has 1 atom stereocenters. The first-order valence-corrected chi connectivity index (χ1v) is 7.29. The highest BCUT2D eigenvalue weighted by Crippen LogP contribution is 2.24. The van der Waals surface area contributed by atoms with Crippen LogP contribution < -0.4 is 4.74 Å². The summed E-state index contributed by atoms with van der Waals surface area (Å²) >= 11 is 9.18. The summed E-state index contributed by atoms with van der Waals surface area (Å²) in [7, 11) is 1.58. The first-order valence-electron chi connectivity index (χ1n) is 5.96. The molecule has 4 nitrogen and oxygen atoms in total. The Morgan fingerprint density at radius 1 is 1.63 bits per heavy atom. The molecule has 0 spiro atoms. The van der Waals surface area contributed by atoms with Crippen molar-refractivity contribution in [3.8, 4) is 5.75 Å². The van der Waals surface area contributed by atoms with E-state index in [0.29, 0.717) is 36.9 Å². The quantitative estimate of drug-likeness (QED) is 0.788. The van der Waals surface area contributed by atoms with E-state index in [1.807, 2.05) is 12.1 Å². The van der Waals surface area contributed by atoms with Gasteiger partial charge in [0, 0.05) is 17.6 Å². The largest absolute Gasteiger partial charge is 0.497 e. The van der Waals surface area contributed by atoms with Gasteiger partial charge in [-0.25, -0.2) is 0 Å². The summed E-state index contributed by atoms with van der Waals surface area (Å²) in [4.78, 5) is 14.3. The number of benzene rings is 1. The first-order chi connectivity index (χ1) is 9.15. The molecule has 0 aromatic heterocycles. The summed E-state index contributed by atoms with van der Waals surface area (Å²) in [5.41, 5.74) is 0.592. The van der Waals surface area contributed by atoms with Crippen molar-refractivity contribution in [3.63, 3.8) is 0 Å². The fourth-order valence-electron chi connectivity index (χ4n) is 1.96. The van der Waals surface area contributed by atoms with E-state index in [1.165, 1.54) is 0 Å². The Kier molecular flexibility index (Phi) is 5.07. The minimum absolute atomic E-state index is 0.0378. The van der Waals surface area contributed by atoms with E-state index in [-0.39, 0.29) is 12.0 Å². The average Bonchev–Trinajstić information content (AvgIpc) is 2.47. The number of amides is 1. The van der Waals surface area contributed by atoms with E-state index in [1.54, 1.807) is 18.1 Å². The highest BCUT2D eigenvalue weighted by molar-refractivity contribution is 9.10. The van der Waals surface area contributed by atoms with Crippen molar-refractivity contribution in [1.29, 1.82) is 0 Å². The van der Waals surface area contributed by atoms with Gasteiger partial charge in [0.1, 0.15) is 5.75 Å². The normalized spacial score (nSPS) is 19.3. The highest BCUT2D eigenvalue weighted by Gasteiger charge is 2.25. The van der Waals surface area contributed by atoms with Gasteiger partial charge in [-0.15, -0.1) is 11.6 Å². The molecule has 6 heteroatoms. The fraction of sp³-hybridized carbons (Fsp3) is 0.462. The fourth-order valence-corrected chi connectivity index (χ4v) is 2.57. The van der Waals surface area contributed by atoms with Crippen LogP contribution in [0.3, 0.4) is 0 Å². The number of methoxy groups -OCH3 is 1. The molecule has 1 aromatic carbocycles. The van der Waals surface area contributed by atoms with Gasteiger partial charge in [0.15, 0.2) is 0 Å². The molecule has 1 saturated heterocycles. The molecule has 0 N–H and O–H groups in total. The molecule has 104 valence electrons. The molecular formula is C13H15BrClNO3. The number of halogens is 2. The van der Waals surface area contributed by atoms with Crippen molar-refractivity contribution in [2.75, 3.05) is 32.7 Å². The van der Waals surface area contributed by atoms with E-state index in [0.717, 1.165) is 4.47 Å². The predicted octanol–water partition coefficient (Wildman–Crippen LogP) is 2.54. The lowest BCUT2D eigenvalue weighted by Gasteiger charge is -2.32. The predicted molar refractivity (Wildman–Crippen MR) is 77.1 cm³/mol. The van der Waals surface area contributed by atoms with Crippen LogP contribution in [0.1, 0.15) is 10.4 Å². The van der Waals surface area contributed by atoms with Crippen molar-refractivity contribution in [3.05, 3.63) is 28.2 Å². The van der Waals surface area contributed by atoms with Crippen LogP contribution in [0.4, 0.5) is 0 Å². The molecule has 0 radical (unpaired) electrons. The summed E-state index contributed by atoms with van der Waals surface area (Å²) < 4.78 is 11.4. The van der Waals surface area contributed by atoms with Gasteiger partial charge in [0.2, 0.25) is 0 Å². The van der Waals surface area contributed by atoms with Crippen molar-refractivity contribution < 1.29 is 14.3 Å². The third kappa shape index (κ3) is 3.41. The lowest BCUT2D eigenvalue weighted by atomic mass is 10.1. The van der Waals surface area contributed by atoms with Crippen LogP contribution in [0, 0.1) is 0 Å². The SMILES string of the molecule is COc1ccc(Br)c(C(=O)N2CCOC(CCl)C2)c1. The van der Waals surface area contributed by atoms with Crippen LogP contribution in [-0.2, 0) is 4.74 Å². The first kappa shape index (κ1) is 14.6. The van der Waals surface area contributed by atoms with E-state index >= 15 is 0 Å². The second-order valence-electron chi connectivity index (χ2n) is 4.24. The Morgan fingerprint density at radius 2 is 2.42 bits per heavy atom. The average molecular weight is 349 g/mol. The number of hydrogen-bond acceptors (Lipinski definition) is 3. The minimum atomic E-state index is -0.0938. The lowest BCUT2D eigenvalue weighted by molar-refractivity contribution is -0.0108. The maximum absolute atomic E-state index is 12.5. The van der Waals surface area contributed by atoms with Gasteiger partial charge < -0.3 is 14.4 Å². The van der Waals surface area contributed by atoms with E-state index in [4.69, 9.17) is 21.1 Å². The molecular weight excluding hydrogens is 334 g/mol. The molecule has 1 unspecified atom stereocenters. The molecule has 19 heavy (non-hydrogen) atoms.